The van der Waals surface area contributed by atoms with Gasteiger partial charge in [-0.1, -0.05) is 51.5 Å². The number of rotatable bonds is 1. The number of Topliss-reactive ketones (excluding diaryl/α,β-unsaturated/α-hetero) is 1. The number of ether oxygens (including phenoxy) is 1. The number of para-hydroxylation sites is 1. The molecule has 148 valence electrons. The predicted molar refractivity (Wildman–Crippen MR) is 109 cm³/mol. The molecule has 1 amide bonds. The van der Waals surface area contributed by atoms with Crippen LogP contribution in [0, 0.1) is 0 Å². The topological polar surface area (TPSA) is 86.1 Å². The number of carbonyl (C=O) groups excluding carboxylic acids is 2. The number of aryl methyl sites for hydroxylation is 1. The van der Waals surface area contributed by atoms with Gasteiger partial charge in [0.1, 0.15) is 18.1 Å². The second kappa shape index (κ2) is 8.57. The minimum atomic E-state index is -0.465. The van der Waals surface area contributed by atoms with Gasteiger partial charge < -0.3 is 10.1 Å². The van der Waals surface area contributed by atoms with E-state index in [0.717, 1.165) is 10.0 Å². The standard InChI is InChI=1S/C21H19BrN4O3/c22-17-7-3-1-5-15(17)18-11-19(27)16-6-2-4-8-20(16)29-13-14-12-26(25-24-14)10-9-21(28)23-18/h1-8,12,18H,9-11,13H2,(H,23,28). The monoisotopic (exact) mass is 454 g/mol. The van der Waals surface area contributed by atoms with Crippen LogP contribution in [0.5, 0.6) is 5.75 Å². The van der Waals surface area contributed by atoms with Gasteiger partial charge in [0.05, 0.1) is 24.3 Å². The van der Waals surface area contributed by atoms with Crippen LogP contribution in [-0.4, -0.2) is 26.7 Å². The van der Waals surface area contributed by atoms with E-state index in [1.807, 2.05) is 30.3 Å². The fourth-order valence-corrected chi connectivity index (χ4v) is 3.82. The van der Waals surface area contributed by atoms with E-state index in [1.165, 1.54) is 0 Å². The molecule has 29 heavy (non-hydrogen) atoms. The van der Waals surface area contributed by atoms with Crippen molar-refractivity contribution in [3.8, 4) is 5.75 Å². The molecule has 1 aliphatic rings. The minimum absolute atomic E-state index is 0.109. The molecule has 1 aliphatic heterocycles. The lowest BCUT2D eigenvalue weighted by molar-refractivity contribution is -0.122. The summed E-state index contributed by atoms with van der Waals surface area (Å²) in [5, 5.41) is 11.1. The van der Waals surface area contributed by atoms with Crippen LogP contribution < -0.4 is 10.1 Å². The van der Waals surface area contributed by atoms with Gasteiger partial charge in [-0.3, -0.25) is 14.3 Å². The fourth-order valence-electron chi connectivity index (χ4n) is 3.26. The lowest BCUT2D eigenvalue weighted by atomic mass is 9.97. The summed E-state index contributed by atoms with van der Waals surface area (Å²) in [6.45, 7) is 0.593. The van der Waals surface area contributed by atoms with Crippen molar-refractivity contribution in [2.45, 2.75) is 32.0 Å². The molecule has 1 N–H and O–H groups in total. The highest BCUT2D eigenvalue weighted by Crippen LogP contribution is 2.29. The Morgan fingerprint density at radius 3 is 2.76 bits per heavy atom. The number of benzene rings is 2. The second-order valence-electron chi connectivity index (χ2n) is 6.78. The van der Waals surface area contributed by atoms with Crippen LogP contribution in [-0.2, 0) is 17.9 Å². The molecular weight excluding hydrogens is 436 g/mol. The number of hydrogen-bond donors (Lipinski definition) is 1. The lowest BCUT2D eigenvalue weighted by Gasteiger charge is -2.21. The van der Waals surface area contributed by atoms with Crippen molar-refractivity contribution in [3.05, 3.63) is 76.0 Å². The highest BCUT2D eigenvalue weighted by molar-refractivity contribution is 9.10. The first-order valence-electron chi connectivity index (χ1n) is 9.28. The lowest BCUT2D eigenvalue weighted by Crippen LogP contribution is -2.31. The van der Waals surface area contributed by atoms with Crippen LogP contribution >= 0.6 is 15.9 Å². The largest absolute Gasteiger partial charge is 0.486 e. The smallest absolute Gasteiger partial charge is 0.222 e. The van der Waals surface area contributed by atoms with Crippen molar-refractivity contribution < 1.29 is 14.3 Å². The van der Waals surface area contributed by atoms with E-state index >= 15 is 0 Å². The van der Waals surface area contributed by atoms with Crippen molar-refractivity contribution in [3.63, 3.8) is 0 Å². The summed E-state index contributed by atoms with van der Waals surface area (Å²) in [5.74, 6) is 0.223. The van der Waals surface area contributed by atoms with Gasteiger partial charge in [-0.15, -0.1) is 5.10 Å². The first-order chi connectivity index (χ1) is 14.1. The maximum absolute atomic E-state index is 13.1. The molecule has 2 heterocycles. The van der Waals surface area contributed by atoms with Crippen LogP contribution in [0.3, 0.4) is 0 Å². The number of ketones is 1. The van der Waals surface area contributed by atoms with Gasteiger partial charge in [0.25, 0.3) is 0 Å². The molecule has 2 bridgehead atoms. The average molecular weight is 455 g/mol. The molecule has 1 aromatic heterocycles. The zero-order chi connectivity index (χ0) is 20.2. The quantitative estimate of drug-likeness (QED) is 0.608. The van der Waals surface area contributed by atoms with Crippen molar-refractivity contribution in [1.82, 2.24) is 20.3 Å². The maximum Gasteiger partial charge on any atom is 0.222 e. The summed E-state index contributed by atoms with van der Waals surface area (Å²) >= 11 is 3.53. The van der Waals surface area contributed by atoms with Gasteiger partial charge in [-0.25, -0.2) is 0 Å². The third-order valence-electron chi connectivity index (χ3n) is 4.72. The van der Waals surface area contributed by atoms with E-state index in [0.29, 0.717) is 23.6 Å². The number of fused-ring (bicyclic) bond motifs is 3. The molecule has 0 spiro atoms. The number of aromatic nitrogens is 3. The number of nitrogens with one attached hydrogen (secondary N) is 1. The second-order valence-corrected chi connectivity index (χ2v) is 7.63. The van der Waals surface area contributed by atoms with E-state index < -0.39 is 6.04 Å². The first-order valence-corrected chi connectivity index (χ1v) is 10.1. The van der Waals surface area contributed by atoms with Gasteiger partial charge in [0.15, 0.2) is 5.78 Å². The molecule has 3 aromatic rings. The third kappa shape index (κ3) is 4.54. The summed E-state index contributed by atoms with van der Waals surface area (Å²) in [6, 6.07) is 14.2. The van der Waals surface area contributed by atoms with Crippen molar-refractivity contribution >= 4 is 27.6 Å². The van der Waals surface area contributed by atoms with Gasteiger partial charge in [0, 0.05) is 17.3 Å². The van der Waals surface area contributed by atoms with Crippen LogP contribution in [0.2, 0.25) is 0 Å². The number of halogens is 1. The van der Waals surface area contributed by atoms with E-state index in [9.17, 15) is 9.59 Å². The number of hydrogen-bond acceptors (Lipinski definition) is 5. The van der Waals surface area contributed by atoms with Crippen molar-refractivity contribution in [2.24, 2.45) is 0 Å². The molecule has 7 nitrogen and oxygen atoms in total. The first kappa shape index (κ1) is 19.3. The Balaban J connectivity index is 1.71. The third-order valence-corrected chi connectivity index (χ3v) is 5.44. The summed E-state index contributed by atoms with van der Waals surface area (Å²) in [7, 11) is 0. The highest BCUT2D eigenvalue weighted by Gasteiger charge is 2.23. The summed E-state index contributed by atoms with van der Waals surface area (Å²) in [4.78, 5) is 25.7. The number of carbonyl (C=O) groups is 2. The van der Waals surface area contributed by atoms with Crippen molar-refractivity contribution in [1.29, 1.82) is 0 Å². The van der Waals surface area contributed by atoms with E-state index in [1.54, 1.807) is 29.1 Å². The fraction of sp³-hybridized carbons (Fsp3) is 0.238. The predicted octanol–water partition coefficient (Wildman–Crippen LogP) is 3.45. The molecule has 0 radical (unpaired) electrons. The Hall–Kier alpha value is -3.00. The normalized spacial score (nSPS) is 17.6. The summed E-state index contributed by atoms with van der Waals surface area (Å²) < 4.78 is 8.31. The van der Waals surface area contributed by atoms with Gasteiger partial charge in [0.2, 0.25) is 5.91 Å². The molecular formula is C21H19BrN4O3. The molecule has 1 atom stereocenters. The molecule has 8 heteroatoms. The molecule has 0 saturated carbocycles. The van der Waals surface area contributed by atoms with Crippen LogP contribution in [0.25, 0.3) is 0 Å². The molecule has 1 unspecified atom stereocenters. The van der Waals surface area contributed by atoms with Crippen LogP contribution in [0.15, 0.2) is 59.2 Å². The van der Waals surface area contributed by atoms with Crippen LogP contribution in [0.1, 0.15) is 40.5 Å². The number of amides is 1. The maximum atomic E-state index is 13.1. The molecule has 0 aliphatic carbocycles. The molecule has 0 fully saturated rings. The Labute approximate surface area is 176 Å². The van der Waals surface area contributed by atoms with Gasteiger partial charge >= 0.3 is 0 Å². The Morgan fingerprint density at radius 2 is 1.90 bits per heavy atom. The Kier molecular flexibility index (Phi) is 5.71. The van der Waals surface area contributed by atoms with Gasteiger partial charge in [-0.2, -0.15) is 0 Å². The van der Waals surface area contributed by atoms with E-state index in [2.05, 4.69) is 31.6 Å². The van der Waals surface area contributed by atoms with E-state index in [-0.39, 0.29) is 31.1 Å². The SMILES string of the molecule is O=C1CCn2cc(nn2)COc2ccccc2C(=O)CC(c2ccccc2Br)N1. The highest BCUT2D eigenvalue weighted by atomic mass is 79.9. The summed E-state index contributed by atoms with van der Waals surface area (Å²) in [6.07, 6.45) is 2.10. The zero-order valence-corrected chi connectivity index (χ0v) is 17.1. The Morgan fingerprint density at radius 1 is 1.10 bits per heavy atom. The molecule has 4 rings (SSSR count). The van der Waals surface area contributed by atoms with Crippen molar-refractivity contribution in [2.75, 3.05) is 0 Å². The molecule has 2 aromatic carbocycles. The average Bonchev–Trinajstić information content (AvgIpc) is 3.18. The molecule has 0 saturated heterocycles. The number of nitrogens with zero attached hydrogens (tertiary/aromatic N) is 3. The van der Waals surface area contributed by atoms with Gasteiger partial charge in [-0.05, 0) is 23.8 Å². The minimum Gasteiger partial charge on any atom is -0.486 e. The zero-order valence-electron chi connectivity index (χ0n) is 15.5. The van der Waals surface area contributed by atoms with E-state index in [4.69, 9.17) is 4.74 Å². The summed E-state index contributed by atoms with van der Waals surface area (Å²) in [5.41, 5.74) is 1.96. The Bertz CT molecular complexity index is 1050. The van der Waals surface area contributed by atoms with Crippen LogP contribution in [0.4, 0.5) is 0 Å².